The second-order valence-electron chi connectivity index (χ2n) is 9.10. The van der Waals surface area contributed by atoms with E-state index in [1.54, 1.807) is 36.5 Å². The van der Waals surface area contributed by atoms with Gasteiger partial charge in [-0.25, -0.2) is 4.98 Å². The number of hydrogen-bond donors (Lipinski definition) is 2. The molecule has 2 atom stereocenters. The molecule has 0 bridgehead atoms. The second kappa shape index (κ2) is 10.7. The number of carbonyl (C=O) groups excluding carboxylic acids is 2. The zero-order valence-electron chi connectivity index (χ0n) is 21.2. The van der Waals surface area contributed by atoms with Gasteiger partial charge in [0.25, 0.3) is 11.8 Å². The van der Waals surface area contributed by atoms with E-state index in [1.165, 1.54) is 25.3 Å². The van der Waals surface area contributed by atoms with Gasteiger partial charge in [-0.05, 0) is 65.3 Å². The van der Waals surface area contributed by atoms with Gasteiger partial charge in [0.05, 0.1) is 14.2 Å². The lowest BCUT2D eigenvalue weighted by Gasteiger charge is -2.35. The molecule has 0 saturated carbocycles. The number of hydrogen-bond acceptors (Lipinski definition) is 6. The van der Waals surface area contributed by atoms with E-state index in [0.717, 1.165) is 24.0 Å². The van der Waals surface area contributed by atoms with Crippen molar-refractivity contribution >= 4 is 17.5 Å². The summed E-state index contributed by atoms with van der Waals surface area (Å²) in [5.74, 6) is -0.477. The number of aromatic nitrogens is 2. The Morgan fingerprint density at radius 3 is 2.37 bits per heavy atom. The number of aryl methyl sites for hydroxylation is 1. The highest BCUT2D eigenvalue weighted by Crippen LogP contribution is 2.47. The standard InChI is InChI=1S/C30H28N4O4/c1-37-24-10-5-11-25(38-2)28(24)34-30(36)27-22(14-15-23(33-27)29(31)35)21-13-12-18-7-3-4-9-20(18)26(21)19-8-6-16-32-17-19/h3-11,14-17,21,26H,12-13H2,1-2H3,(H2,31,35)(H,34,36). The van der Waals surface area contributed by atoms with Gasteiger partial charge in [-0.2, -0.15) is 0 Å². The first-order chi connectivity index (χ1) is 18.5. The van der Waals surface area contributed by atoms with Crippen molar-refractivity contribution in [1.29, 1.82) is 0 Å². The molecule has 192 valence electrons. The molecular weight excluding hydrogens is 480 g/mol. The highest BCUT2D eigenvalue weighted by atomic mass is 16.5. The predicted molar refractivity (Wildman–Crippen MR) is 144 cm³/mol. The average Bonchev–Trinajstić information content (AvgIpc) is 2.96. The number of amides is 2. The van der Waals surface area contributed by atoms with Crippen LogP contribution in [-0.4, -0.2) is 36.0 Å². The Labute approximate surface area is 220 Å². The van der Waals surface area contributed by atoms with E-state index in [4.69, 9.17) is 15.2 Å². The van der Waals surface area contributed by atoms with Gasteiger partial charge in [-0.1, -0.05) is 42.5 Å². The van der Waals surface area contributed by atoms with Crippen molar-refractivity contribution < 1.29 is 19.1 Å². The molecule has 0 saturated heterocycles. The zero-order valence-corrected chi connectivity index (χ0v) is 21.2. The van der Waals surface area contributed by atoms with Crippen LogP contribution in [0.3, 0.4) is 0 Å². The molecule has 4 aromatic rings. The molecular formula is C30H28N4O4. The quantitative estimate of drug-likeness (QED) is 0.374. The van der Waals surface area contributed by atoms with Crippen LogP contribution in [0.4, 0.5) is 5.69 Å². The molecule has 1 aliphatic rings. The van der Waals surface area contributed by atoms with Crippen LogP contribution in [0.5, 0.6) is 11.5 Å². The largest absolute Gasteiger partial charge is 0.494 e. The molecule has 0 fully saturated rings. The molecule has 0 spiro atoms. The minimum atomic E-state index is -0.710. The summed E-state index contributed by atoms with van der Waals surface area (Å²) < 4.78 is 10.9. The monoisotopic (exact) mass is 508 g/mol. The molecule has 0 aliphatic heterocycles. The first-order valence-electron chi connectivity index (χ1n) is 12.3. The van der Waals surface area contributed by atoms with Gasteiger partial charge in [0.2, 0.25) is 0 Å². The number of nitrogens with zero attached hydrogens (tertiary/aromatic N) is 2. The summed E-state index contributed by atoms with van der Waals surface area (Å²) in [5.41, 5.74) is 10.3. The summed E-state index contributed by atoms with van der Waals surface area (Å²) in [6, 6.07) is 20.9. The molecule has 8 heteroatoms. The Kier molecular flexibility index (Phi) is 7.04. The third kappa shape index (κ3) is 4.68. The van der Waals surface area contributed by atoms with Crippen molar-refractivity contribution in [3.63, 3.8) is 0 Å². The number of carbonyl (C=O) groups is 2. The lowest BCUT2D eigenvalue weighted by Crippen LogP contribution is -2.26. The third-order valence-corrected chi connectivity index (χ3v) is 7.02. The maximum absolute atomic E-state index is 13.8. The first-order valence-corrected chi connectivity index (χ1v) is 12.3. The Balaban J connectivity index is 1.64. The molecule has 2 aromatic heterocycles. The van der Waals surface area contributed by atoms with Gasteiger partial charge < -0.3 is 20.5 Å². The maximum atomic E-state index is 13.8. The third-order valence-electron chi connectivity index (χ3n) is 7.02. The number of para-hydroxylation sites is 1. The summed E-state index contributed by atoms with van der Waals surface area (Å²) in [7, 11) is 3.03. The Morgan fingerprint density at radius 1 is 0.921 bits per heavy atom. The van der Waals surface area contributed by atoms with Gasteiger partial charge in [-0.15, -0.1) is 0 Å². The lowest BCUT2D eigenvalue weighted by molar-refractivity contribution is 0.0995. The number of benzene rings is 2. The van der Waals surface area contributed by atoms with Gasteiger partial charge in [0, 0.05) is 18.3 Å². The number of anilines is 1. The average molecular weight is 509 g/mol. The molecule has 0 radical (unpaired) electrons. The van der Waals surface area contributed by atoms with E-state index >= 15 is 0 Å². The summed E-state index contributed by atoms with van der Waals surface area (Å²) in [5, 5.41) is 2.90. The summed E-state index contributed by atoms with van der Waals surface area (Å²) >= 11 is 0. The molecule has 2 amide bonds. The van der Waals surface area contributed by atoms with Crippen LogP contribution in [0, 0.1) is 0 Å². The van der Waals surface area contributed by atoms with E-state index in [1.807, 2.05) is 24.4 Å². The van der Waals surface area contributed by atoms with Crippen molar-refractivity contribution in [2.45, 2.75) is 24.7 Å². The summed E-state index contributed by atoms with van der Waals surface area (Å²) in [4.78, 5) is 34.7. The number of methoxy groups -OCH3 is 2. The summed E-state index contributed by atoms with van der Waals surface area (Å²) in [6.07, 6.45) is 5.24. The molecule has 2 heterocycles. The van der Waals surface area contributed by atoms with E-state index in [-0.39, 0.29) is 23.2 Å². The molecule has 5 rings (SSSR count). The van der Waals surface area contributed by atoms with Crippen LogP contribution >= 0.6 is 0 Å². The highest BCUT2D eigenvalue weighted by molar-refractivity contribution is 6.06. The molecule has 1 aliphatic carbocycles. The van der Waals surface area contributed by atoms with Gasteiger partial charge in [-0.3, -0.25) is 14.6 Å². The fourth-order valence-electron chi connectivity index (χ4n) is 5.30. The molecule has 38 heavy (non-hydrogen) atoms. The van der Waals surface area contributed by atoms with Crippen molar-refractivity contribution in [1.82, 2.24) is 9.97 Å². The number of nitrogens with two attached hydrogens (primary N) is 1. The molecule has 2 unspecified atom stereocenters. The Bertz CT molecular complexity index is 1470. The molecule has 2 aromatic carbocycles. The SMILES string of the molecule is COc1cccc(OC)c1NC(=O)c1nc(C(N)=O)ccc1C1CCc2ccccc2C1c1cccnc1. The zero-order chi connectivity index (χ0) is 26.6. The van der Waals surface area contributed by atoms with Gasteiger partial charge in [0.1, 0.15) is 28.6 Å². The Hall–Kier alpha value is -4.72. The van der Waals surface area contributed by atoms with E-state index < -0.39 is 11.8 Å². The first kappa shape index (κ1) is 25.0. The van der Waals surface area contributed by atoms with Crippen molar-refractivity contribution in [3.8, 4) is 11.5 Å². The van der Waals surface area contributed by atoms with Crippen molar-refractivity contribution in [3.05, 3.63) is 113 Å². The number of rotatable bonds is 7. The Morgan fingerprint density at radius 2 is 1.68 bits per heavy atom. The topological polar surface area (TPSA) is 116 Å². The van der Waals surface area contributed by atoms with E-state index in [9.17, 15) is 9.59 Å². The minimum Gasteiger partial charge on any atom is -0.494 e. The maximum Gasteiger partial charge on any atom is 0.274 e. The normalized spacial score (nSPS) is 16.3. The number of ether oxygens (including phenoxy) is 2. The van der Waals surface area contributed by atoms with Gasteiger partial charge >= 0.3 is 0 Å². The van der Waals surface area contributed by atoms with Crippen LogP contribution in [0.25, 0.3) is 0 Å². The highest BCUT2D eigenvalue weighted by Gasteiger charge is 2.35. The fraction of sp³-hybridized carbons (Fsp3) is 0.200. The molecule has 3 N–H and O–H groups in total. The fourth-order valence-corrected chi connectivity index (χ4v) is 5.30. The van der Waals surface area contributed by atoms with Crippen LogP contribution in [-0.2, 0) is 6.42 Å². The van der Waals surface area contributed by atoms with Crippen molar-refractivity contribution in [2.75, 3.05) is 19.5 Å². The number of pyridine rings is 2. The van der Waals surface area contributed by atoms with Crippen molar-refractivity contribution in [2.24, 2.45) is 5.73 Å². The lowest BCUT2D eigenvalue weighted by atomic mass is 9.69. The second-order valence-corrected chi connectivity index (χ2v) is 9.10. The number of primary amides is 1. The van der Waals surface area contributed by atoms with E-state index in [0.29, 0.717) is 17.2 Å². The van der Waals surface area contributed by atoms with Crippen LogP contribution in [0.2, 0.25) is 0 Å². The van der Waals surface area contributed by atoms with Crippen LogP contribution < -0.4 is 20.5 Å². The number of fused-ring (bicyclic) bond motifs is 1. The number of nitrogens with one attached hydrogen (secondary N) is 1. The predicted octanol–water partition coefficient (Wildman–Crippen LogP) is 4.71. The summed E-state index contributed by atoms with van der Waals surface area (Å²) in [6.45, 7) is 0. The van der Waals surface area contributed by atoms with Crippen LogP contribution in [0.15, 0.2) is 79.1 Å². The van der Waals surface area contributed by atoms with Gasteiger partial charge in [0.15, 0.2) is 0 Å². The minimum absolute atomic E-state index is 0.0139. The van der Waals surface area contributed by atoms with Crippen LogP contribution in [0.1, 0.15) is 61.5 Å². The molecule has 8 nitrogen and oxygen atoms in total. The van der Waals surface area contributed by atoms with E-state index in [2.05, 4.69) is 33.5 Å². The smallest absolute Gasteiger partial charge is 0.274 e.